The Kier molecular flexibility index (Phi) is 9.45. The molecule has 5 rings (SSSR count). The summed E-state index contributed by atoms with van der Waals surface area (Å²) >= 11 is 0. The Morgan fingerprint density at radius 2 is 1.07 bits per heavy atom. The molecule has 0 aliphatic heterocycles. The van der Waals surface area contributed by atoms with Crippen molar-refractivity contribution in [2.45, 2.75) is 6.42 Å². The number of nitrogens with zero attached hydrogens (tertiary/aromatic N) is 1. The van der Waals surface area contributed by atoms with Crippen LogP contribution in [0, 0.1) is 0 Å². The second-order valence-corrected chi connectivity index (χ2v) is 9.22. The SMILES string of the molecule is O=C(O)Cc1cccc(OCCON=C(c2ccc(Oc3ccccc3)cc2)c2ccc(Oc3ccccc3)cc2)c1. The van der Waals surface area contributed by atoms with Crippen LogP contribution in [0.1, 0.15) is 16.7 Å². The highest BCUT2D eigenvalue weighted by atomic mass is 16.6. The maximum atomic E-state index is 11.0. The van der Waals surface area contributed by atoms with E-state index >= 15 is 0 Å². The fraction of sp³-hybridized carbons (Fsp3) is 0.0857. The molecule has 0 aromatic heterocycles. The first kappa shape index (κ1) is 28.0. The third-order valence-electron chi connectivity index (χ3n) is 6.07. The molecule has 0 atom stereocenters. The summed E-state index contributed by atoms with van der Waals surface area (Å²) < 4.78 is 17.6. The number of para-hydroxylation sites is 2. The quantitative estimate of drug-likeness (QED) is 0.0902. The lowest BCUT2D eigenvalue weighted by Gasteiger charge is -2.11. The molecule has 0 aliphatic carbocycles. The zero-order chi connectivity index (χ0) is 29.0. The number of carbonyl (C=O) groups is 1. The maximum Gasteiger partial charge on any atom is 0.307 e. The summed E-state index contributed by atoms with van der Waals surface area (Å²) in [6.07, 6.45) is -0.0638. The standard InChI is InChI=1S/C35H29NO6/c37-34(38)25-26-8-7-13-33(24-26)39-22-23-40-36-35(27-14-18-31(19-15-27)41-29-9-3-1-4-10-29)28-16-20-32(21-17-28)42-30-11-5-2-6-12-30/h1-21,24H,22-23,25H2,(H,37,38). The van der Waals surface area contributed by atoms with Gasteiger partial charge in [0, 0.05) is 11.1 Å². The lowest BCUT2D eigenvalue weighted by Crippen LogP contribution is -2.08. The van der Waals surface area contributed by atoms with Crippen molar-refractivity contribution in [3.05, 3.63) is 150 Å². The lowest BCUT2D eigenvalue weighted by atomic mass is 10.0. The third kappa shape index (κ3) is 8.22. The minimum atomic E-state index is -0.892. The van der Waals surface area contributed by atoms with E-state index in [0.29, 0.717) is 28.5 Å². The normalized spacial score (nSPS) is 10.4. The van der Waals surface area contributed by atoms with Crippen LogP contribution in [0.25, 0.3) is 0 Å². The average molecular weight is 560 g/mol. The van der Waals surface area contributed by atoms with E-state index in [9.17, 15) is 4.79 Å². The molecule has 0 aliphatic rings. The molecule has 0 bridgehead atoms. The van der Waals surface area contributed by atoms with Crippen molar-refractivity contribution in [2.75, 3.05) is 13.2 Å². The molecular formula is C35H29NO6. The van der Waals surface area contributed by atoms with Crippen molar-refractivity contribution >= 4 is 11.7 Å². The van der Waals surface area contributed by atoms with Crippen LogP contribution in [0.3, 0.4) is 0 Å². The Balaban J connectivity index is 1.28. The highest BCUT2D eigenvalue weighted by molar-refractivity contribution is 6.12. The molecule has 0 fully saturated rings. The highest BCUT2D eigenvalue weighted by Crippen LogP contribution is 2.25. The number of rotatable bonds is 13. The van der Waals surface area contributed by atoms with Gasteiger partial charge in [-0.05, 0) is 90.5 Å². The first-order valence-electron chi connectivity index (χ1n) is 13.4. The van der Waals surface area contributed by atoms with Crippen molar-refractivity contribution in [3.8, 4) is 28.7 Å². The van der Waals surface area contributed by atoms with Crippen LogP contribution in [0.5, 0.6) is 28.7 Å². The molecule has 1 N–H and O–H groups in total. The minimum absolute atomic E-state index is 0.0638. The number of benzene rings is 5. The Hall–Kier alpha value is -5.56. The molecule has 0 unspecified atom stereocenters. The van der Waals surface area contributed by atoms with Crippen LogP contribution in [-0.4, -0.2) is 30.0 Å². The van der Waals surface area contributed by atoms with Crippen LogP contribution in [0.4, 0.5) is 0 Å². The molecule has 0 heterocycles. The first-order chi connectivity index (χ1) is 20.6. The van der Waals surface area contributed by atoms with Gasteiger partial charge >= 0.3 is 5.97 Å². The van der Waals surface area contributed by atoms with Crippen LogP contribution in [-0.2, 0) is 16.1 Å². The van der Waals surface area contributed by atoms with Crippen molar-refractivity contribution < 1.29 is 28.9 Å². The Bertz CT molecular complexity index is 1510. The zero-order valence-electron chi connectivity index (χ0n) is 22.8. The number of hydrogen-bond acceptors (Lipinski definition) is 6. The van der Waals surface area contributed by atoms with Gasteiger partial charge < -0.3 is 24.2 Å². The molecule has 42 heavy (non-hydrogen) atoms. The molecule has 210 valence electrons. The number of aliphatic carboxylic acids is 1. The van der Waals surface area contributed by atoms with Gasteiger partial charge in [0.2, 0.25) is 0 Å². The van der Waals surface area contributed by atoms with E-state index in [1.54, 1.807) is 24.3 Å². The van der Waals surface area contributed by atoms with E-state index < -0.39 is 5.97 Å². The van der Waals surface area contributed by atoms with E-state index in [2.05, 4.69) is 5.16 Å². The highest BCUT2D eigenvalue weighted by Gasteiger charge is 2.11. The summed E-state index contributed by atoms with van der Waals surface area (Å²) in [5.41, 5.74) is 2.99. The summed E-state index contributed by atoms with van der Waals surface area (Å²) in [7, 11) is 0. The number of carboxylic acid groups (broad SMARTS) is 1. The van der Waals surface area contributed by atoms with Crippen LogP contribution >= 0.6 is 0 Å². The molecule has 0 spiro atoms. The molecule has 0 saturated carbocycles. The monoisotopic (exact) mass is 559 g/mol. The molecule has 5 aromatic rings. The van der Waals surface area contributed by atoms with Gasteiger partial charge in [-0.1, -0.05) is 53.7 Å². The van der Waals surface area contributed by atoms with E-state index in [-0.39, 0.29) is 19.6 Å². The molecule has 5 aromatic carbocycles. The van der Waals surface area contributed by atoms with E-state index in [4.69, 9.17) is 24.2 Å². The van der Waals surface area contributed by atoms with Gasteiger partial charge in [0.1, 0.15) is 41.1 Å². The van der Waals surface area contributed by atoms with E-state index in [1.807, 2.05) is 109 Å². The third-order valence-corrected chi connectivity index (χ3v) is 6.07. The van der Waals surface area contributed by atoms with Gasteiger partial charge in [0.25, 0.3) is 0 Å². The number of ether oxygens (including phenoxy) is 3. The molecule has 0 amide bonds. The van der Waals surface area contributed by atoms with Crippen LogP contribution < -0.4 is 14.2 Å². The van der Waals surface area contributed by atoms with Crippen LogP contribution in [0.2, 0.25) is 0 Å². The number of oxime groups is 1. The van der Waals surface area contributed by atoms with Gasteiger partial charge in [0.15, 0.2) is 6.61 Å². The minimum Gasteiger partial charge on any atom is -0.490 e. The van der Waals surface area contributed by atoms with Crippen molar-refractivity contribution in [3.63, 3.8) is 0 Å². The van der Waals surface area contributed by atoms with E-state index in [1.165, 1.54) is 0 Å². The Morgan fingerprint density at radius 3 is 1.60 bits per heavy atom. The van der Waals surface area contributed by atoms with Crippen molar-refractivity contribution in [1.29, 1.82) is 0 Å². The predicted molar refractivity (Wildman–Crippen MR) is 161 cm³/mol. The van der Waals surface area contributed by atoms with Gasteiger partial charge in [0.05, 0.1) is 6.42 Å². The zero-order valence-corrected chi connectivity index (χ0v) is 22.8. The van der Waals surface area contributed by atoms with Gasteiger partial charge in [-0.15, -0.1) is 0 Å². The largest absolute Gasteiger partial charge is 0.490 e. The fourth-order valence-electron chi connectivity index (χ4n) is 4.11. The average Bonchev–Trinajstić information content (AvgIpc) is 3.01. The number of carboxylic acids is 1. The molecule has 7 heteroatoms. The lowest BCUT2D eigenvalue weighted by molar-refractivity contribution is -0.136. The Labute approximate surface area is 244 Å². The van der Waals surface area contributed by atoms with Crippen molar-refractivity contribution in [1.82, 2.24) is 0 Å². The summed E-state index contributed by atoms with van der Waals surface area (Å²) in [4.78, 5) is 16.7. The predicted octanol–water partition coefficient (Wildman–Crippen LogP) is 7.75. The first-order valence-corrected chi connectivity index (χ1v) is 13.4. The maximum absolute atomic E-state index is 11.0. The fourth-order valence-corrected chi connectivity index (χ4v) is 4.11. The van der Waals surface area contributed by atoms with Gasteiger partial charge in [-0.3, -0.25) is 4.79 Å². The molecule has 7 nitrogen and oxygen atoms in total. The smallest absolute Gasteiger partial charge is 0.307 e. The summed E-state index contributed by atoms with van der Waals surface area (Å²) in [6, 6.07) is 41.4. The summed E-state index contributed by atoms with van der Waals surface area (Å²) in [5, 5.41) is 13.5. The van der Waals surface area contributed by atoms with Gasteiger partial charge in [-0.2, -0.15) is 0 Å². The molecule has 0 saturated heterocycles. The second-order valence-electron chi connectivity index (χ2n) is 9.22. The molecular weight excluding hydrogens is 530 g/mol. The topological polar surface area (TPSA) is 86.6 Å². The Morgan fingerprint density at radius 1 is 0.571 bits per heavy atom. The van der Waals surface area contributed by atoms with Crippen molar-refractivity contribution in [2.24, 2.45) is 5.16 Å². The van der Waals surface area contributed by atoms with Crippen LogP contribution in [0.15, 0.2) is 139 Å². The number of hydrogen-bond donors (Lipinski definition) is 1. The summed E-state index contributed by atoms with van der Waals surface area (Å²) in [6.45, 7) is 0.429. The second kappa shape index (κ2) is 14.2. The van der Waals surface area contributed by atoms with E-state index in [0.717, 1.165) is 22.6 Å². The summed E-state index contributed by atoms with van der Waals surface area (Å²) in [5.74, 6) is 2.60. The van der Waals surface area contributed by atoms with Gasteiger partial charge in [-0.25, -0.2) is 0 Å². The molecule has 0 radical (unpaired) electrons.